The Labute approximate surface area is 126 Å². The van der Waals surface area contributed by atoms with E-state index in [4.69, 9.17) is 9.84 Å². The molecule has 1 rings (SSSR count). The van der Waals surface area contributed by atoms with Crippen LogP contribution in [-0.4, -0.2) is 29.1 Å². The summed E-state index contributed by atoms with van der Waals surface area (Å²) in [5.74, 6) is -0.914. The van der Waals surface area contributed by atoms with Crippen LogP contribution in [0.2, 0.25) is 0 Å². The third-order valence-corrected chi connectivity index (χ3v) is 3.22. The fourth-order valence-corrected chi connectivity index (χ4v) is 1.87. The quantitative estimate of drug-likeness (QED) is 0.797. The van der Waals surface area contributed by atoms with Crippen LogP contribution in [0.5, 0.6) is 5.75 Å². The average Bonchev–Trinajstić information content (AvgIpc) is 2.40. The van der Waals surface area contributed by atoms with Crippen LogP contribution in [0.4, 0.5) is 0 Å². The summed E-state index contributed by atoms with van der Waals surface area (Å²) in [6, 6.07) is 6.20. The van der Waals surface area contributed by atoms with Crippen molar-refractivity contribution < 1.29 is 19.4 Å². The highest BCUT2D eigenvalue weighted by molar-refractivity contribution is 9.10. The molecular weight excluding hydrogens is 326 g/mol. The van der Waals surface area contributed by atoms with Crippen LogP contribution in [-0.2, 0) is 9.59 Å². The fourth-order valence-electron chi connectivity index (χ4n) is 1.61. The van der Waals surface area contributed by atoms with Gasteiger partial charge in [0.25, 0.3) is 5.91 Å². The summed E-state index contributed by atoms with van der Waals surface area (Å²) in [5.41, 5.74) is 0. The second-order valence-corrected chi connectivity index (χ2v) is 5.32. The predicted molar refractivity (Wildman–Crippen MR) is 78.7 cm³/mol. The normalized spacial score (nSPS) is 13.3. The van der Waals surface area contributed by atoms with Crippen LogP contribution in [0.3, 0.4) is 0 Å². The van der Waals surface area contributed by atoms with Crippen molar-refractivity contribution in [3.63, 3.8) is 0 Å². The first-order chi connectivity index (χ1) is 9.43. The largest absolute Gasteiger partial charge is 0.481 e. The highest BCUT2D eigenvalue weighted by Gasteiger charge is 2.23. The highest BCUT2D eigenvalue weighted by atomic mass is 79.9. The molecule has 0 bridgehead atoms. The van der Waals surface area contributed by atoms with Crippen LogP contribution >= 0.6 is 15.9 Å². The molecular formula is C14H18BrNO4. The number of carboxylic acid groups (broad SMARTS) is 1. The summed E-state index contributed by atoms with van der Waals surface area (Å²) in [6.45, 7) is 3.45. The van der Waals surface area contributed by atoms with Crippen LogP contribution < -0.4 is 10.1 Å². The van der Waals surface area contributed by atoms with Crippen molar-refractivity contribution in [1.82, 2.24) is 5.32 Å². The number of carbonyl (C=O) groups is 2. The molecule has 0 heterocycles. The molecule has 0 fully saturated rings. The van der Waals surface area contributed by atoms with Gasteiger partial charge in [0.1, 0.15) is 11.8 Å². The lowest BCUT2D eigenvalue weighted by molar-refractivity contribution is -0.143. The summed E-state index contributed by atoms with van der Waals surface area (Å²) >= 11 is 3.31. The SMILES string of the molecule is CCC[C@H](NC(=O)C(C)Oc1ccc(Br)cc1)C(=O)O. The Hall–Kier alpha value is -1.56. The number of carbonyl (C=O) groups excluding carboxylic acids is 1. The molecule has 0 saturated carbocycles. The van der Waals surface area contributed by atoms with Crippen molar-refractivity contribution in [2.75, 3.05) is 0 Å². The Morgan fingerprint density at radius 1 is 1.35 bits per heavy atom. The first-order valence-corrected chi connectivity index (χ1v) is 7.18. The van der Waals surface area contributed by atoms with Gasteiger partial charge in [-0.15, -0.1) is 0 Å². The van der Waals surface area contributed by atoms with Crippen molar-refractivity contribution in [3.05, 3.63) is 28.7 Å². The number of hydrogen-bond donors (Lipinski definition) is 2. The molecule has 0 aromatic heterocycles. The van der Waals surface area contributed by atoms with E-state index in [1.807, 2.05) is 6.92 Å². The summed E-state index contributed by atoms with van der Waals surface area (Å²) < 4.78 is 6.38. The second-order valence-electron chi connectivity index (χ2n) is 4.40. The Morgan fingerprint density at radius 2 is 1.95 bits per heavy atom. The number of amides is 1. The van der Waals surface area contributed by atoms with Crippen molar-refractivity contribution in [2.45, 2.75) is 38.8 Å². The van der Waals surface area contributed by atoms with E-state index < -0.39 is 24.0 Å². The van der Waals surface area contributed by atoms with E-state index in [1.165, 1.54) is 0 Å². The van der Waals surface area contributed by atoms with E-state index in [2.05, 4.69) is 21.2 Å². The van der Waals surface area contributed by atoms with Gasteiger partial charge in [0.15, 0.2) is 6.10 Å². The fraction of sp³-hybridized carbons (Fsp3) is 0.429. The minimum Gasteiger partial charge on any atom is -0.481 e. The van der Waals surface area contributed by atoms with Gasteiger partial charge in [-0.1, -0.05) is 29.3 Å². The molecule has 2 atom stereocenters. The predicted octanol–water partition coefficient (Wildman–Crippen LogP) is 2.59. The molecule has 1 amide bonds. The maximum absolute atomic E-state index is 11.9. The zero-order chi connectivity index (χ0) is 15.1. The number of hydrogen-bond acceptors (Lipinski definition) is 3. The lowest BCUT2D eigenvalue weighted by atomic mass is 10.1. The average molecular weight is 344 g/mol. The van der Waals surface area contributed by atoms with Gasteiger partial charge in [-0.3, -0.25) is 4.79 Å². The minimum absolute atomic E-state index is 0.395. The van der Waals surface area contributed by atoms with Gasteiger partial charge in [-0.2, -0.15) is 0 Å². The van der Waals surface area contributed by atoms with E-state index >= 15 is 0 Å². The molecule has 0 radical (unpaired) electrons. The molecule has 2 N–H and O–H groups in total. The van der Waals surface area contributed by atoms with Crippen LogP contribution in [0.1, 0.15) is 26.7 Å². The topological polar surface area (TPSA) is 75.6 Å². The number of halogens is 1. The van der Waals surface area contributed by atoms with E-state index in [9.17, 15) is 9.59 Å². The standard InChI is InChI=1S/C14H18BrNO4/c1-3-4-12(14(18)19)16-13(17)9(2)20-11-7-5-10(15)6-8-11/h5-9,12H,3-4H2,1-2H3,(H,16,17)(H,18,19)/t9?,12-/m0/s1. The summed E-state index contributed by atoms with van der Waals surface area (Å²) in [5, 5.41) is 11.5. The molecule has 0 aliphatic carbocycles. The number of carboxylic acids is 1. The first-order valence-electron chi connectivity index (χ1n) is 6.39. The molecule has 5 nitrogen and oxygen atoms in total. The molecule has 1 aromatic rings. The molecule has 20 heavy (non-hydrogen) atoms. The minimum atomic E-state index is -1.03. The van der Waals surface area contributed by atoms with Crippen LogP contribution in [0.25, 0.3) is 0 Å². The first kappa shape index (κ1) is 16.5. The van der Waals surface area contributed by atoms with Crippen molar-refractivity contribution in [1.29, 1.82) is 0 Å². The Bertz CT molecular complexity index is 461. The van der Waals surface area contributed by atoms with Gasteiger partial charge in [0.05, 0.1) is 0 Å². The Kier molecular flexibility index (Phi) is 6.51. The third kappa shape index (κ3) is 5.21. The molecule has 1 unspecified atom stereocenters. The maximum atomic E-state index is 11.9. The lowest BCUT2D eigenvalue weighted by Gasteiger charge is -2.18. The van der Waals surface area contributed by atoms with Gasteiger partial charge in [-0.25, -0.2) is 4.79 Å². The van der Waals surface area contributed by atoms with E-state index in [0.717, 1.165) is 4.47 Å². The van der Waals surface area contributed by atoms with Gasteiger partial charge < -0.3 is 15.2 Å². The van der Waals surface area contributed by atoms with Gasteiger partial charge in [0.2, 0.25) is 0 Å². The summed E-state index contributed by atoms with van der Waals surface area (Å²) in [7, 11) is 0. The van der Waals surface area contributed by atoms with E-state index in [1.54, 1.807) is 31.2 Å². The van der Waals surface area contributed by atoms with Crippen molar-refractivity contribution >= 4 is 27.8 Å². The third-order valence-electron chi connectivity index (χ3n) is 2.69. The van der Waals surface area contributed by atoms with Gasteiger partial charge >= 0.3 is 5.97 Å². The zero-order valence-electron chi connectivity index (χ0n) is 11.4. The maximum Gasteiger partial charge on any atom is 0.326 e. The molecule has 0 aliphatic rings. The molecule has 1 aromatic carbocycles. The zero-order valence-corrected chi connectivity index (χ0v) is 13.0. The van der Waals surface area contributed by atoms with Gasteiger partial charge in [0, 0.05) is 4.47 Å². The molecule has 6 heteroatoms. The highest BCUT2D eigenvalue weighted by Crippen LogP contribution is 2.17. The molecule has 0 aliphatic heterocycles. The number of rotatable bonds is 7. The van der Waals surface area contributed by atoms with Crippen molar-refractivity contribution in [2.24, 2.45) is 0 Å². The molecule has 0 saturated heterocycles. The second kappa shape index (κ2) is 7.89. The summed E-state index contributed by atoms with van der Waals surface area (Å²) in [6.07, 6.45) is 0.320. The van der Waals surface area contributed by atoms with Crippen LogP contribution in [0.15, 0.2) is 28.7 Å². The number of aliphatic carboxylic acids is 1. The summed E-state index contributed by atoms with van der Waals surface area (Å²) in [4.78, 5) is 22.9. The number of nitrogens with one attached hydrogen (secondary N) is 1. The van der Waals surface area contributed by atoms with E-state index in [-0.39, 0.29) is 0 Å². The smallest absolute Gasteiger partial charge is 0.326 e. The van der Waals surface area contributed by atoms with Gasteiger partial charge in [-0.05, 0) is 37.6 Å². The van der Waals surface area contributed by atoms with Crippen molar-refractivity contribution in [3.8, 4) is 5.75 Å². The molecule has 0 spiro atoms. The van der Waals surface area contributed by atoms with Crippen LogP contribution in [0, 0.1) is 0 Å². The Morgan fingerprint density at radius 3 is 2.45 bits per heavy atom. The lowest BCUT2D eigenvalue weighted by Crippen LogP contribution is -2.46. The number of ether oxygens (including phenoxy) is 1. The number of benzene rings is 1. The Balaban J connectivity index is 2.57. The van der Waals surface area contributed by atoms with E-state index in [0.29, 0.717) is 18.6 Å². The monoisotopic (exact) mass is 343 g/mol. The molecule has 110 valence electrons.